The molecule has 0 aromatic rings. The molecule has 430 valence electrons. The van der Waals surface area contributed by atoms with Gasteiger partial charge in [0.25, 0.3) is 0 Å². The van der Waals surface area contributed by atoms with Crippen LogP contribution < -0.4 is 10.6 Å². The number of hydrogen-bond donors (Lipinski definition) is 4. The van der Waals surface area contributed by atoms with Crippen molar-refractivity contribution in [2.75, 3.05) is 13.2 Å². The van der Waals surface area contributed by atoms with E-state index >= 15 is 0 Å². The predicted molar refractivity (Wildman–Crippen MR) is 326 cm³/mol. The van der Waals surface area contributed by atoms with Crippen LogP contribution >= 0.6 is 0 Å². The summed E-state index contributed by atoms with van der Waals surface area (Å²) < 4.78 is 11.4. The van der Waals surface area contributed by atoms with E-state index in [1.807, 2.05) is 78.0 Å². The highest BCUT2D eigenvalue weighted by atomic mass is 16.6. The molecular weight excluding hydrogens is 1060 g/mol. The van der Waals surface area contributed by atoms with Gasteiger partial charge in [-0.2, -0.15) is 0 Å². The predicted octanol–water partition coefficient (Wildman–Crippen LogP) is 12.2. The average Bonchev–Trinajstić information content (AvgIpc) is 4.23. The van der Waals surface area contributed by atoms with E-state index in [9.17, 15) is 29.4 Å². The standard InChI is InChI=1S/C68H70N8O8/c1-13-39-29(3)45-27-55-61(37(11)77)33(7)49(71-55)23-47-31(5)41(65(73-47)43-21-57(79)63-35(9)51(75-67(43)63)25-53(39)69-45)15-17-59(81)83-19-20-84-60(82)18-16-42-32(6)48-24-50-34(8)62(38(12)78)56(72-50)28-46-30(4)40(14-2)54(70-46)26-52-36(10)64-58(80)22-44(66(42)74-48)68(64)76-52/h23-28,31-32,41-42,73-74,79-80H,13-22H2,1-12H3. The number of carbonyl (C=O) groups excluding carboxylic acids is 4. The Labute approximate surface area is 489 Å². The number of ether oxygens (including phenoxy) is 2. The van der Waals surface area contributed by atoms with Crippen LogP contribution in [-0.4, -0.2) is 81.2 Å². The van der Waals surface area contributed by atoms with E-state index in [0.29, 0.717) is 80.8 Å². The Balaban J connectivity index is 0.748. The molecular formula is C68H70N8O8. The molecule has 4 atom stereocenters. The van der Waals surface area contributed by atoms with E-state index < -0.39 is 11.9 Å². The summed E-state index contributed by atoms with van der Waals surface area (Å²) >= 11 is 0. The maximum Gasteiger partial charge on any atom is 0.305 e. The summed E-state index contributed by atoms with van der Waals surface area (Å²) in [5, 5.41) is 30.6. The quantitative estimate of drug-likeness (QED) is 0.101. The molecule has 0 saturated carbocycles. The minimum atomic E-state index is -0.440. The Morgan fingerprint density at radius 2 is 0.881 bits per heavy atom. The summed E-state index contributed by atoms with van der Waals surface area (Å²) in [6.07, 6.45) is 14.7. The molecule has 0 radical (unpaired) electrons. The van der Waals surface area contributed by atoms with E-state index in [4.69, 9.17) is 39.4 Å². The van der Waals surface area contributed by atoms with Crippen molar-refractivity contribution in [3.05, 3.63) is 183 Å². The summed E-state index contributed by atoms with van der Waals surface area (Å²) in [4.78, 5) is 84.3. The van der Waals surface area contributed by atoms with Gasteiger partial charge in [-0.15, -0.1) is 0 Å². The third kappa shape index (κ3) is 9.19. The fraction of sp³-hybridized carbons (Fsp3) is 0.382. The van der Waals surface area contributed by atoms with Crippen LogP contribution in [0.5, 0.6) is 0 Å². The van der Waals surface area contributed by atoms with Crippen molar-refractivity contribution >= 4 is 57.8 Å². The summed E-state index contributed by atoms with van der Waals surface area (Å²) in [6, 6.07) is 0. The molecule has 0 spiro atoms. The number of nitrogens with one attached hydrogen (secondary N) is 2. The molecule has 2 saturated heterocycles. The number of esters is 2. The van der Waals surface area contributed by atoms with E-state index in [1.54, 1.807) is 13.8 Å². The summed E-state index contributed by atoms with van der Waals surface area (Å²) in [5.74, 6) is -1.24. The Kier molecular flexibility index (Phi) is 14.1. The number of Topliss-reactive ketones (excluding diaryl/α,β-unsaturated/α-hetero) is 2. The number of nitrogens with zero attached hydrogens (tertiary/aromatic N) is 6. The molecule has 0 aromatic carbocycles. The van der Waals surface area contributed by atoms with Crippen molar-refractivity contribution in [2.45, 2.75) is 134 Å². The van der Waals surface area contributed by atoms with Gasteiger partial charge in [0.1, 0.15) is 24.7 Å². The molecule has 16 nitrogen and oxygen atoms in total. The van der Waals surface area contributed by atoms with E-state index in [0.717, 1.165) is 114 Å². The maximum absolute atomic E-state index is 13.6. The van der Waals surface area contributed by atoms with Crippen molar-refractivity contribution < 1.29 is 38.9 Å². The Morgan fingerprint density at radius 1 is 0.512 bits per heavy atom. The van der Waals surface area contributed by atoms with Crippen LogP contribution in [0.25, 0.3) is 0 Å². The van der Waals surface area contributed by atoms with Gasteiger partial charge in [0.05, 0.1) is 68.5 Å². The third-order valence-electron chi connectivity index (χ3n) is 18.7. The average molecular weight is 1130 g/mol. The van der Waals surface area contributed by atoms with Crippen LogP contribution in [0.1, 0.15) is 134 Å². The zero-order valence-corrected chi connectivity index (χ0v) is 49.9. The van der Waals surface area contributed by atoms with Crippen LogP contribution in [0.3, 0.4) is 0 Å². The highest BCUT2D eigenvalue weighted by Gasteiger charge is 2.44. The normalized spacial score (nSPS) is 24.9. The second kappa shape index (κ2) is 21.2. The van der Waals surface area contributed by atoms with E-state index in [2.05, 4.69) is 38.3 Å². The summed E-state index contributed by atoms with van der Waals surface area (Å²) in [6.45, 7) is 23.1. The molecule has 0 aromatic heterocycles. The number of aliphatic hydroxyl groups is 2. The number of aliphatic hydroxyl groups excluding tert-OH is 2. The van der Waals surface area contributed by atoms with Gasteiger partial charge in [-0.05, 0) is 162 Å². The monoisotopic (exact) mass is 1130 g/mol. The first kappa shape index (κ1) is 55.9. The fourth-order valence-corrected chi connectivity index (χ4v) is 14.1. The Hall–Kier alpha value is -8.66. The first-order valence-electron chi connectivity index (χ1n) is 29.4. The SMILES string of the molecule is CCC1=C(C)C2=NC1=CC1=C(C)C3=C(O)CC(=C4NC(=CC5=NC(=C2)C(C(C)=O)=C5C)C(C)C4CCC(=O)OCCOC(=O)CCC2C4=C5CC(O)=C6C5=NC(=C6C)C=C5N=C(C=C6N=C(C=C(N4)C2C)C(C)=C6C(C)=O)C(C)=C5CC)C3=N1. The highest BCUT2D eigenvalue weighted by molar-refractivity contribution is 6.24. The van der Waals surface area contributed by atoms with Crippen LogP contribution in [0.15, 0.2) is 213 Å². The van der Waals surface area contributed by atoms with Gasteiger partial charge in [-0.25, -0.2) is 30.0 Å². The lowest BCUT2D eigenvalue weighted by Crippen LogP contribution is -2.18. The molecule has 16 heteroatoms. The lowest BCUT2D eigenvalue weighted by molar-refractivity contribution is -0.152. The smallest absolute Gasteiger partial charge is 0.305 e. The minimum Gasteiger partial charge on any atom is -0.511 e. The topological polar surface area (TPSA) is 225 Å². The molecule has 4 unspecified atom stereocenters. The van der Waals surface area contributed by atoms with Gasteiger partial charge in [0.15, 0.2) is 11.6 Å². The van der Waals surface area contributed by atoms with Crippen LogP contribution in [0.4, 0.5) is 0 Å². The van der Waals surface area contributed by atoms with Gasteiger partial charge in [-0.1, -0.05) is 27.7 Å². The van der Waals surface area contributed by atoms with E-state index in [1.165, 1.54) is 0 Å². The minimum absolute atomic E-state index is 0.0703. The van der Waals surface area contributed by atoms with Gasteiger partial charge in [-0.3, -0.25) is 19.2 Å². The largest absolute Gasteiger partial charge is 0.511 e. The van der Waals surface area contributed by atoms with Gasteiger partial charge in [0.2, 0.25) is 0 Å². The van der Waals surface area contributed by atoms with Crippen LogP contribution in [-0.2, 0) is 28.7 Å². The first-order chi connectivity index (χ1) is 40.1. The number of allylic oxidation sites excluding steroid dienone is 24. The number of aliphatic imine (C=N–C) groups is 6. The Morgan fingerprint density at radius 3 is 1.25 bits per heavy atom. The van der Waals surface area contributed by atoms with Crippen molar-refractivity contribution in [3.8, 4) is 0 Å². The second-order valence-electron chi connectivity index (χ2n) is 23.6. The highest BCUT2D eigenvalue weighted by Crippen LogP contribution is 2.49. The molecule has 2 aliphatic carbocycles. The zero-order valence-electron chi connectivity index (χ0n) is 49.9. The van der Waals surface area contributed by atoms with Crippen molar-refractivity contribution in [1.29, 1.82) is 0 Å². The fourth-order valence-electron chi connectivity index (χ4n) is 14.1. The van der Waals surface area contributed by atoms with Gasteiger partial charge < -0.3 is 30.3 Å². The number of fused-ring (bicyclic) bond motifs is 10. The number of rotatable bonds is 13. The number of hydrogen-bond acceptors (Lipinski definition) is 16. The van der Waals surface area contributed by atoms with Gasteiger partial charge in [0, 0.05) is 106 Å². The molecule has 10 heterocycles. The zero-order chi connectivity index (χ0) is 59.5. The molecule has 12 rings (SSSR count). The molecule has 2 fully saturated rings. The Bertz CT molecular complexity index is 3750. The molecule has 84 heavy (non-hydrogen) atoms. The number of ketones is 2. The van der Waals surface area contributed by atoms with Crippen LogP contribution in [0, 0.1) is 23.7 Å². The maximum atomic E-state index is 13.6. The lowest BCUT2D eigenvalue weighted by Gasteiger charge is -2.18. The van der Waals surface area contributed by atoms with Crippen molar-refractivity contribution in [3.63, 3.8) is 0 Å². The summed E-state index contributed by atoms with van der Waals surface area (Å²) in [5.41, 5.74) is 23.5. The number of carbonyl (C=O) groups is 4. The van der Waals surface area contributed by atoms with E-state index in [-0.39, 0.29) is 85.7 Å². The lowest BCUT2D eigenvalue weighted by atomic mass is 9.86. The van der Waals surface area contributed by atoms with Crippen molar-refractivity contribution in [1.82, 2.24) is 10.6 Å². The third-order valence-corrected chi connectivity index (χ3v) is 18.7. The molecule has 12 aliphatic rings. The van der Waals surface area contributed by atoms with Crippen LogP contribution in [0.2, 0.25) is 0 Å². The first-order valence-corrected chi connectivity index (χ1v) is 29.4. The molecule has 10 aliphatic heterocycles. The molecule has 16 bridgehead atoms. The van der Waals surface area contributed by atoms with Gasteiger partial charge >= 0.3 is 11.9 Å². The molecule has 0 amide bonds. The van der Waals surface area contributed by atoms with Crippen molar-refractivity contribution in [2.24, 2.45) is 53.6 Å². The second-order valence-corrected chi connectivity index (χ2v) is 23.6. The molecule has 4 N–H and O–H groups in total. The summed E-state index contributed by atoms with van der Waals surface area (Å²) in [7, 11) is 0.